The molecule has 0 fully saturated rings. The van der Waals surface area contributed by atoms with E-state index in [0.29, 0.717) is 5.92 Å². The van der Waals surface area contributed by atoms with Crippen LogP contribution in [0.1, 0.15) is 52.0 Å². The van der Waals surface area contributed by atoms with Crippen LogP contribution >= 0.6 is 0 Å². The summed E-state index contributed by atoms with van der Waals surface area (Å²) in [6, 6.07) is 0. The molecule has 2 N–H and O–H groups in total. The van der Waals surface area contributed by atoms with E-state index in [1.54, 1.807) is 6.33 Å². The molecular formula is C15H28N4O. The molecule has 5 heteroatoms. The second kappa shape index (κ2) is 8.04. The monoisotopic (exact) mass is 280 g/mol. The average molecular weight is 280 g/mol. The van der Waals surface area contributed by atoms with E-state index in [0.717, 1.165) is 43.1 Å². The SMILES string of the molecule is CCCNc1ncnc(N(C)CCC(C)O)c1C(C)C. The first kappa shape index (κ1) is 16.7. The van der Waals surface area contributed by atoms with Crippen LogP contribution in [0.5, 0.6) is 0 Å². The standard InChI is InChI=1S/C15H28N4O/c1-6-8-16-14-13(11(2)3)15(18-10-17-14)19(5)9-7-12(4)20/h10-12,20H,6-9H2,1-5H3,(H,16,17,18). The van der Waals surface area contributed by atoms with Gasteiger partial charge in [-0.05, 0) is 25.7 Å². The molecule has 0 aliphatic carbocycles. The molecule has 0 aromatic carbocycles. The van der Waals surface area contributed by atoms with Crippen LogP contribution in [0.3, 0.4) is 0 Å². The number of hydrogen-bond donors (Lipinski definition) is 2. The summed E-state index contributed by atoms with van der Waals surface area (Å²) < 4.78 is 0. The summed E-state index contributed by atoms with van der Waals surface area (Å²) in [4.78, 5) is 10.9. The summed E-state index contributed by atoms with van der Waals surface area (Å²) in [7, 11) is 2.01. The Morgan fingerprint density at radius 3 is 2.55 bits per heavy atom. The molecule has 0 aliphatic heterocycles. The second-order valence-corrected chi connectivity index (χ2v) is 5.60. The lowest BCUT2D eigenvalue weighted by atomic mass is 10.0. The maximum absolute atomic E-state index is 9.43. The van der Waals surface area contributed by atoms with Gasteiger partial charge in [-0.3, -0.25) is 0 Å². The molecule has 0 radical (unpaired) electrons. The first-order valence-electron chi connectivity index (χ1n) is 7.45. The van der Waals surface area contributed by atoms with Gasteiger partial charge in [0, 0.05) is 25.7 Å². The van der Waals surface area contributed by atoms with Crippen LogP contribution in [0.4, 0.5) is 11.6 Å². The number of rotatable bonds is 8. The van der Waals surface area contributed by atoms with Gasteiger partial charge in [0.25, 0.3) is 0 Å². The van der Waals surface area contributed by atoms with Gasteiger partial charge in [0.1, 0.15) is 18.0 Å². The normalized spacial score (nSPS) is 12.6. The van der Waals surface area contributed by atoms with Gasteiger partial charge in [-0.1, -0.05) is 20.8 Å². The van der Waals surface area contributed by atoms with Gasteiger partial charge in [-0.2, -0.15) is 0 Å². The van der Waals surface area contributed by atoms with Crippen molar-refractivity contribution in [3.63, 3.8) is 0 Å². The molecule has 0 amide bonds. The zero-order valence-corrected chi connectivity index (χ0v) is 13.3. The molecule has 0 bridgehead atoms. The Bertz CT molecular complexity index is 407. The number of nitrogens with zero attached hydrogens (tertiary/aromatic N) is 3. The Morgan fingerprint density at radius 1 is 1.30 bits per heavy atom. The molecular weight excluding hydrogens is 252 g/mol. The lowest BCUT2D eigenvalue weighted by molar-refractivity contribution is 0.187. The maximum atomic E-state index is 9.43. The third-order valence-corrected chi connectivity index (χ3v) is 3.23. The number of aliphatic hydroxyl groups excluding tert-OH is 1. The fourth-order valence-electron chi connectivity index (χ4n) is 2.09. The maximum Gasteiger partial charge on any atom is 0.137 e. The van der Waals surface area contributed by atoms with Crippen molar-refractivity contribution in [3.05, 3.63) is 11.9 Å². The number of anilines is 2. The summed E-state index contributed by atoms with van der Waals surface area (Å²) >= 11 is 0. The Kier molecular flexibility index (Phi) is 6.71. The molecule has 1 atom stereocenters. The molecule has 5 nitrogen and oxygen atoms in total. The molecule has 0 spiro atoms. The fourth-order valence-corrected chi connectivity index (χ4v) is 2.09. The van der Waals surface area contributed by atoms with Crippen molar-refractivity contribution in [2.75, 3.05) is 30.4 Å². The van der Waals surface area contributed by atoms with Crippen LogP contribution in [0, 0.1) is 0 Å². The van der Waals surface area contributed by atoms with Crippen molar-refractivity contribution in [1.82, 2.24) is 9.97 Å². The third-order valence-electron chi connectivity index (χ3n) is 3.23. The Balaban J connectivity index is 2.99. The molecule has 1 aromatic rings. The predicted octanol–water partition coefficient (Wildman–Crippen LogP) is 2.63. The number of nitrogens with one attached hydrogen (secondary N) is 1. The van der Waals surface area contributed by atoms with E-state index < -0.39 is 0 Å². The smallest absolute Gasteiger partial charge is 0.137 e. The largest absolute Gasteiger partial charge is 0.393 e. The van der Waals surface area contributed by atoms with Crippen molar-refractivity contribution in [1.29, 1.82) is 0 Å². The third kappa shape index (κ3) is 4.63. The molecule has 20 heavy (non-hydrogen) atoms. The van der Waals surface area contributed by atoms with Gasteiger partial charge in [0.05, 0.1) is 6.10 Å². The minimum atomic E-state index is -0.292. The topological polar surface area (TPSA) is 61.3 Å². The molecule has 1 unspecified atom stereocenters. The molecule has 1 heterocycles. The van der Waals surface area contributed by atoms with Gasteiger partial charge in [-0.25, -0.2) is 9.97 Å². The second-order valence-electron chi connectivity index (χ2n) is 5.60. The molecule has 0 saturated carbocycles. The van der Waals surface area contributed by atoms with Crippen molar-refractivity contribution in [2.45, 2.75) is 52.6 Å². The van der Waals surface area contributed by atoms with Crippen molar-refractivity contribution in [2.24, 2.45) is 0 Å². The summed E-state index contributed by atoms with van der Waals surface area (Å²) in [5.41, 5.74) is 1.15. The highest BCUT2D eigenvalue weighted by atomic mass is 16.3. The fraction of sp³-hybridized carbons (Fsp3) is 0.733. The number of aliphatic hydroxyl groups is 1. The van der Waals surface area contributed by atoms with Gasteiger partial charge < -0.3 is 15.3 Å². The first-order valence-corrected chi connectivity index (χ1v) is 7.45. The van der Waals surface area contributed by atoms with E-state index in [1.807, 2.05) is 14.0 Å². The molecule has 1 rings (SSSR count). The summed E-state index contributed by atoms with van der Waals surface area (Å²) in [6.07, 6.45) is 3.11. The van der Waals surface area contributed by atoms with Crippen LogP contribution in [0.2, 0.25) is 0 Å². The molecule has 114 valence electrons. The van der Waals surface area contributed by atoms with E-state index in [-0.39, 0.29) is 6.10 Å². The highest BCUT2D eigenvalue weighted by Gasteiger charge is 2.17. The zero-order valence-electron chi connectivity index (χ0n) is 13.3. The van der Waals surface area contributed by atoms with Crippen molar-refractivity contribution >= 4 is 11.6 Å². The highest BCUT2D eigenvalue weighted by Crippen LogP contribution is 2.30. The van der Waals surface area contributed by atoms with E-state index >= 15 is 0 Å². The minimum absolute atomic E-state index is 0.292. The first-order chi connectivity index (χ1) is 9.47. The summed E-state index contributed by atoms with van der Waals surface area (Å²) in [6.45, 7) is 9.95. The molecule has 0 aliphatic rings. The van der Waals surface area contributed by atoms with E-state index in [9.17, 15) is 5.11 Å². The lowest BCUT2D eigenvalue weighted by Crippen LogP contribution is -2.25. The molecule has 1 aromatic heterocycles. The van der Waals surface area contributed by atoms with Gasteiger partial charge >= 0.3 is 0 Å². The van der Waals surface area contributed by atoms with Crippen LogP contribution in [-0.2, 0) is 0 Å². The Hall–Kier alpha value is -1.36. The van der Waals surface area contributed by atoms with Gasteiger partial charge in [0.2, 0.25) is 0 Å². The minimum Gasteiger partial charge on any atom is -0.393 e. The number of hydrogen-bond acceptors (Lipinski definition) is 5. The predicted molar refractivity (Wildman–Crippen MR) is 84.5 cm³/mol. The Morgan fingerprint density at radius 2 is 2.00 bits per heavy atom. The van der Waals surface area contributed by atoms with E-state index in [2.05, 4.69) is 41.0 Å². The summed E-state index contributed by atoms with van der Waals surface area (Å²) in [5.74, 6) is 2.23. The number of aromatic nitrogens is 2. The van der Waals surface area contributed by atoms with E-state index in [1.165, 1.54) is 0 Å². The highest BCUT2D eigenvalue weighted by molar-refractivity contribution is 5.60. The van der Waals surface area contributed by atoms with Crippen molar-refractivity contribution in [3.8, 4) is 0 Å². The zero-order chi connectivity index (χ0) is 15.1. The van der Waals surface area contributed by atoms with E-state index in [4.69, 9.17) is 0 Å². The van der Waals surface area contributed by atoms with Gasteiger partial charge in [0.15, 0.2) is 0 Å². The van der Waals surface area contributed by atoms with Gasteiger partial charge in [-0.15, -0.1) is 0 Å². The van der Waals surface area contributed by atoms with Crippen LogP contribution in [-0.4, -0.2) is 41.3 Å². The van der Waals surface area contributed by atoms with Crippen molar-refractivity contribution < 1.29 is 5.11 Å². The Labute approximate surface area is 122 Å². The van der Waals surface area contributed by atoms with Crippen LogP contribution in [0.15, 0.2) is 6.33 Å². The average Bonchev–Trinajstić information content (AvgIpc) is 2.41. The molecule has 0 saturated heterocycles. The van der Waals surface area contributed by atoms with Crippen LogP contribution in [0.25, 0.3) is 0 Å². The lowest BCUT2D eigenvalue weighted by Gasteiger charge is -2.24. The summed E-state index contributed by atoms with van der Waals surface area (Å²) in [5, 5.41) is 12.8. The quantitative estimate of drug-likeness (QED) is 0.766. The van der Waals surface area contributed by atoms with Crippen LogP contribution < -0.4 is 10.2 Å².